The Morgan fingerprint density at radius 2 is 2.04 bits per heavy atom. The number of amides is 1. The first kappa shape index (κ1) is 17.6. The summed E-state index contributed by atoms with van der Waals surface area (Å²) in [5.74, 6) is -0.528. The lowest BCUT2D eigenvalue weighted by atomic mass is 9.97. The Morgan fingerprint density at radius 1 is 1.25 bits per heavy atom. The van der Waals surface area contributed by atoms with Crippen molar-refractivity contribution in [3.8, 4) is 0 Å². The van der Waals surface area contributed by atoms with E-state index in [1.807, 2.05) is 4.90 Å². The average molecular weight is 355 g/mol. The predicted octanol–water partition coefficient (Wildman–Crippen LogP) is 3.20. The molecule has 1 aromatic rings. The second kappa shape index (κ2) is 8.28. The van der Waals surface area contributed by atoms with Crippen molar-refractivity contribution in [2.75, 3.05) is 39.4 Å². The van der Waals surface area contributed by atoms with Gasteiger partial charge in [0.05, 0.1) is 18.2 Å². The fourth-order valence-electron chi connectivity index (χ4n) is 3.52. The van der Waals surface area contributed by atoms with Crippen molar-refractivity contribution >= 4 is 17.5 Å². The Bertz CT molecular complexity index is 578. The van der Waals surface area contributed by atoms with E-state index in [2.05, 4.69) is 4.90 Å². The maximum absolute atomic E-state index is 13.3. The van der Waals surface area contributed by atoms with Crippen molar-refractivity contribution in [1.29, 1.82) is 0 Å². The number of nitrogens with zero attached hydrogens (tertiary/aromatic N) is 2. The summed E-state index contributed by atoms with van der Waals surface area (Å²) < 4.78 is 18.7. The minimum atomic E-state index is -0.490. The number of carbonyl (C=O) groups excluding carboxylic acids is 1. The molecule has 0 spiro atoms. The first-order valence-electron chi connectivity index (χ1n) is 8.71. The lowest BCUT2D eigenvalue weighted by Gasteiger charge is -2.37. The highest BCUT2D eigenvalue weighted by Gasteiger charge is 2.28. The summed E-state index contributed by atoms with van der Waals surface area (Å²) in [7, 11) is 0. The van der Waals surface area contributed by atoms with Gasteiger partial charge in [-0.25, -0.2) is 4.39 Å². The summed E-state index contributed by atoms with van der Waals surface area (Å²) in [4.78, 5) is 17.2. The SMILES string of the molecule is O=C(c1ccc(F)c(Cl)c1)N1CCCC[C@H]1CCN1CCOCC1. The van der Waals surface area contributed by atoms with E-state index in [1.165, 1.54) is 18.2 Å². The van der Waals surface area contributed by atoms with E-state index in [9.17, 15) is 9.18 Å². The average Bonchev–Trinajstić information content (AvgIpc) is 2.63. The van der Waals surface area contributed by atoms with Crippen LogP contribution in [0, 0.1) is 5.82 Å². The van der Waals surface area contributed by atoms with Gasteiger partial charge in [-0.05, 0) is 43.9 Å². The molecule has 6 heteroatoms. The van der Waals surface area contributed by atoms with Gasteiger partial charge in [0.1, 0.15) is 5.82 Å². The zero-order valence-electron chi connectivity index (χ0n) is 13.8. The first-order valence-corrected chi connectivity index (χ1v) is 9.09. The van der Waals surface area contributed by atoms with Crippen molar-refractivity contribution in [3.05, 3.63) is 34.6 Å². The molecule has 1 aromatic carbocycles. The molecular formula is C18H24ClFN2O2. The van der Waals surface area contributed by atoms with E-state index in [0.29, 0.717) is 5.56 Å². The Kier molecular flexibility index (Phi) is 6.09. The third-order valence-electron chi connectivity index (χ3n) is 4.94. The zero-order valence-corrected chi connectivity index (χ0v) is 14.6. The fourth-order valence-corrected chi connectivity index (χ4v) is 3.70. The topological polar surface area (TPSA) is 32.8 Å². The molecule has 0 aromatic heterocycles. The molecule has 3 rings (SSSR count). The van der Waals surface area contributed by atoms with Crippen LogP contribution in [0.5, 0.6) is 0 Å². The van der Waals surface area contributed by atoms with Crippen molar-refractivity contribution in [3.63, 3.8) is 0 Å². The zero-order chi connectivity index (χ0) is 16.9. The predicted molar refractivity (Wildman–Crippen MR) is 92.0 cm³/mol. The number of halogens is 2. The summed E-state index contributed by atoms with van der Waals surface area (Å²) in [6.45, 7) is 5.27. The summed E-state index contributed by atoms with van der Waals surface area (Å²) in [5.41, 5.74) is 0.472. The third kappa shape index (κ3) is 4.26. The minimum Gasteiger partial charge on any atom is -0.379 e. The smallest absolute Gasteiger partial charge is 0.254 e. The van der Waals surface area contributed by atoms with Gasteiger partial charge in [-0.15, -0.1) is 0 Å². The van der Waals surface area contributed by atoms with E-state index in [0.717, 1.165) is 65.1 Å². The van der Waals surface area contributed by atoms with Gasteiger partial charge < -0.3 is 9.64 Å². The van der Waals surface area contributed by atoms with E-state index in [4.69, 9.17) is 16.3 Å². The van der Waals surface area contributed by atoms with Crippen molar-refractivity contribution < 1.29 is 13.9 Å². The van der Waals surface area contributed by atoms with E-state index < -0.39 is 5.82 Å². The minimum absolute atomic E-state index is 0.00252. The molecule has 132 valence electrons. The molecule has 0 N–H and O–H groups in total. The molecule has 0 radical (unpaired) electrons. The number of ether oxygens (including phenoxy) is 1. The molecule has 1 atom stereocenters. The molecule has 0 saturated carbocycles. The summed E-state index contributed by atoms with van der Waals surface area (Å²) in [6, 6.07) is 4.48. The van der Waals surface area contributed by atoms with Gasteiger partial charge in [-0.3, -0.25) is 9.69 Å². The summed E-state index contributed by atoms with van der Waals surface area (Å²) in [6.07, 6.45) is 4.18. The van der Waals surface area contributed by atoms with Crippen LogP contribution in [0.25, 0.3) is 0 Å². The Labute approximate surface area is 147 Å². The van der Waals surface area contributed by atoms with Gasteiger partial charge >= 0.3 is 0 Å². The number of likely N-dealkylation sites (tertiary alicyclic amines) is 1. The highest BCUT2D eigenvalue weighted by molar-refractivity contribution is 6.31. The molecular weight excluding hydrogens is 331 g/mol. The fraction of sp³-hybridized carbons (Fsp3) is 0.611. The summed E-state index contributed by atoms with van der Waals surface area (Å²) >= 11 is 5.83. The number of morpholine rings is 1. The molecule has 1 amide bonds. The highest BCUT2D eigenvalue weighted by Crippen LogP contribution is 2.24. The van der Waals surface area contributed by atoms with Crippen molar-refractivity contribution in [1.82, 2.24) is 9.80 Å². The van der Waals surface area contributed by atoms with Crippen LogP contribution in [0.1, 0.15) is 36.0 Å². The van der Waals surface area contributed by atoms with Crippen LogP contribution >= 0.6 is 11.6 Å². The number of hydrogen-bond acceptors (Lipinski definition) is 3. The van der Waals surface area contributed by atoms with Crippen LogP contribution in [-0.4, -0.2) is 61.1 Å². The van der Waals surface area contributed by atoms with Gasteiger partial charge in [0.15, 0.2) is 0 Å². The largest absolute Gasteiger partial charge is 0.379 e. The number of rotatable bonds is 4. The Balaban J connectivity index is 1.64. The molecule has 4 nitrogen and oxygen atoms in total. The normalized spacial score (nSPS) is 22.6. The van der Waals surface area contributed by atoms with E-state index in [-0.39, 0.29) is 17.0 Å². The lowest BCUT2D eigenvalue weighted by Crippen LogP contribution is -2.46. The molecule has 0 bridgehead atoms. The van der Waals surface area contributed by atoms with Crippen molar-refractivity contribution in [2.45, 2.75) is 31.7 Å². The monoisotopic (exact) mass is 354 g/mol. The Morgan fingerprint density at radius 3 is 2.79 bits per heavy atom. The molecule has 2 saturated heterocycles. The Hall–Kier alpha value is -1.17. The van der Waals surface area contributed by atoms with Gasteiger partial charge in [0, 0.05) is 37.8 Å². The molecule has 24 heavy (non-hydrogen) atoms. The molecule has 2 fully saturated rings. The second-order valence-electron chi connectivity index (χ2n) is 6.52. The lowest BCUT2D eigenvalue weighted by molar-refractivity contribution is 0.0295. The molecule has 2 aliphatic rings. The van der Waals surface area contributed by atoms with Crippen LogP contribution < -0.4 is 0 Å². The summed E-state index contributed by atoms with van der Waals surface area (Å²) in [5, 5.41) is 0.00252. The van der Waals surface area contributed by atoms with Crippen LogP contribution in [0.15, 0.2) is 18.2 Å². The number of hydrogen-bond donors (Lipinski definition) is 0. The van der Waals surface area contributed by atoms with Gasteiger partial charge in [-0.2, -0.15) is 0 Å². The third-order valence-corrected chi connectivity index (χ3v) is 5.23. The van der Waals surface area contributed by atoms with Crippen LogP contribution in [0.2, 0.25) is 5.02 Å². The second-order valence-corrected chi connectivity index (χ2v) is 6.93. The number of benzene rings is 1. The van der Waals surface area contributed by atoms with Crippen LogP contribution in [-0.2, 0) is 4.74 Å². The van der Waals surface area contributed by atoms with E-state index >= 15 is 0 Å². The first-order chi connectivity index (χ1) is 11.6. The molecule has 0 unspecified atom stereocenters. The highest BCUT2D eigenvalue weighted by atomic mass is 35.5. The maximum Gasteiger partial charge on any atom is 0.254 e. The van der Waals surface area contributed by atoms with Gasteiger partial charge in [0.2, 0.25) is 0 Å². The maximum atomic E-state index is 13.3. The molecule has 2 aliphatic heterocycles. The van der Waals surface area contributed by atoms with E-state index in [1.54, 1.807) is 0 Å². The number of carbonyl (C=O) groups is 1. The van der Waals surface area contributed by atoms with Gasteiger partial charge in [-0.1, -0.05) is 11.6 Å². The van der Waals surface area contributed by atoms with Crippen LogP contribution in [0.4, 0.5) is 4.39 Å². The number of piperidine rings is 1. The standard InChI is InChI=1S/C18H24ClFN2O2/c19-16-13-14(4-5-17(16)20)18(23)22-7-2-1-3-15(22)6-8-21-9-11-24-12-10-21/h4-5,13,15H,1-3,6-12H2/t15-/m0/s1. The molecule has 2 heterocycles. The quantitative estimate of drug-likeness (QED) is 0.832. The van der Waals surface area contributed by atoms with Crippen LogP contribution in [0.3, 0.4) is 0 Å². The van der Waals surface area contributed by atoms with Crippen molar-refractivity contribution in [2.24, 2.45) is 0 Å². The van der Waals surface area contributed by atoms with Gasteiger partial charge in [0.25, 0.3) is 5.91 Å². The molecule has 0 aliphatic carbocycles.